The third-order valence-electron chi connectivity index (χ3n) is 6.28. The number of ether oxygens (including phenoxy) is 1. The molecule has 2 aromatic rings. The van der Waals surface area contributed by atoms with E-state index >= 15 is 0 Å². The van der Waals surface area contributed by atoms with E-state index in [2.05, 4.69) is 41.3 Å². The van der Waals surface area contributed by atoms with Crippen LogP contribution in [-0.2, 0) is 24.1 Å². The van der Waals surface area contributed by atoms with Gasteiger partial charge < -0.3 is 9.64 Å². The minimum Gasteiger partial charge on any atom is -0.376 e. The van der Waals surface area contributed by atoms with E-state index in [1.165, 1.54) is 16.7 Å². The lowest BCUT2D eigenvalue weighted by Crippen LogP contribution is -2.32. The number of fused-ring (bicyclic) bond motifs is 1. The van der Waals surface area contributed by atoms with Crippen molar-refractivity contribution in [2.45, 2.75) is 51.3 Å². The van der Waals surface area contributed by atoms with Gasteiger partial charge in [-0.1, -0.05) is 37.3 Å². The standard InChI is InChI=1S/C25H30N4O2/c1-3-18-12-21-15-29(16-22-5-4-10-31-22)25(30)23(21)13-20(18)11-17-6-8-19(9-7-17)24(28-26)14-27-2/h6-9,12-14,22,24,26H,3-5,10-11,15-16H2,1-2H3. The Kier molecular flexibility index (Phi) is 6.56. The van der Waals surface area contributed by atoms with Gasteiger partial charge >= 0.3 is 0 Å². The van der Waals surface area contributed by atoms with E-state index in [1.54, 1.807) is 13.3 Å². The van der Waals surface area contributed by atoms with Crippen molar-refractivity contribution in [1.29, 1.82) is 5.53 Å². The first kappa shape index (κ1) is 21.4. The maximum atomic E-state index is 13.0. The van der Waals surface area contributed by atoms with Crippen molar-refractivity contribution in [3.8, 4) is 0 Å². The van der Waals surface area contributed by atoms with Gasteiger partial charge in [-0.25, -0.2) is 5.53 Å². The van der Waals surface area contributed by atoms with E-state index < -0.39 is 0 Å². The van der Waals surface area contributed by atoms with Gasteiger partial charge in [0.25, 0.3) is 5.91 Å². The van der Waals surface area contributed by atoms with E-state index in [9.17, 15) is 4.79 Å². The summed E-state index contributed by atoms with van der Waals surface area (Å²) in [5.74, 6) is 0.128. The van der Waals surface area contributed by atoms with Crippen LogP contribution in [0.4, 0.5) is 0 Å². The van der Waals surface area contributed by atoms with Crippen molar-refractivity contribution in [2.24, 2.45) is 10.1 Å². The summed E-state index contributed by atoms with van der Waals surface area (Å²) in [5.41, 5.74) is 14.0. The molecule has 1 saturated heterocycles. The molecule has 0 saturated carbocycles. The number of carbonyl (C=O) groups excluding carboxylic acids is 1. The number of rotatable bonds is 8. The number of nitrogens with zero attached hydrogens (tertiary/aromatic N) is 3. The molecule has 4 rings (SSSR count). The first-order valence-corrected chi connectivity index (χ1v) is 11.1. The van der Waals surface area contributed by atoms with Crippen LogP contribution in [0, 0.1) is 5.53 Å². The molecule has 31 heavy (non-hydrogen) atoms. The number of hydrogen-bond donors (Lipinski definition) is 1. The quantitative estimate of drug-likeness (QED) is 0.496. The normalized spacial score (nSPS) is 19.2. The predicted octanol–water partition coefficient (Wildman–Crippen LogP) is 4.75. The number of nitrogens with one attached hydrogen (secondary N) is 1. The molecule has 1 amide bonds. The average Bonchev–Trinajstić information content (AvgIpc) is 3.41. The number of aryl methyl sites for hydroxylation is 1. The van der Waals surface area contributed by atoms with Gasteiger partial charge in [-0.2, -0.15) is 5.11 Å². The third-order valence-corrected chi connectivity index (χ3v) is 6.28. The Labute approximate surface area is 183 Å². The van der Waals surface area contributed by atoms with Crippen LogP contribution in [0.15, 0.2) is 46.5 Å². The summed E-state index contributed by atoms with van der Waals surface area (Å²) >= 11 is 0. The van der Waals surface area contributed by atoms with Crippen LogP contribution < -0.4 is 0 Å². The SMILES string of the molecule is CCc1cc2c(cc1Cc1ccc(C(C=NC)N=N)cc1)C(=O)N(CC1CCCO1)C2. The third kappa shape index (κ3) is 4.59. The minimum absolute atomic E-state index is 0.128. The van der Waals surface area contributed by atoms with Gasteiger partial charge in [0.2, 0.25) is 0 Å². The van der Waals surface area contributed by atoms with Gasteiger partial charge in [0, 0.05) is 38.5 Å². The number of amides is 1. The zero-order valence-electron chi connectivity index (χ0n) is 18.3. The molecule has 2 aliphatic rings. The van der Waals surface area contributed by atoms with Gasteiger partial charge in [-0.3, -0.25) is 9.79 Å². The lowest BCUT2D eigenvalue weighted by atomic mass is 9.93. The van der Waals surface area contributed by atoms with E-state index in [1.807, 2.05) is 17.0 Å². The van der Waals surface area contributed by atoms with Crippen molar-refractivity contribution >= 4 is 12.1 Å². The Morgan fingerprint density at radius 2 is 2.06 bits per heavy atom. The monoisotopic (exact) mass is 418 g/mol. The Balaban J connectivity index is 1.53. The summed E-state index contributed by atoms with van der Waals surface area (Å²) in [6.45, 7) is 4.35. The summed E-state index contributed by atoms with van der Waals surface area (Å²) in [4.78, 5) is 19.0. The molecule has 0 aliphatic carbocycles. The molecule has 6 nitrogen and oxygen atoms in total. The van der Waals surface area contributed by atoms with E-state index in [0.29, 0.717) is 13.1 Å². The van der Waals surface area contributed by atoms with Gasteiger partial charge in [-0.15, -0.1) is 0 Å². The molecule has 2 unspecified atom stereocenters. The number of hydrogen-bond acceptors (Lipinski definition) is 5. The molecule has 6 heteroatoms. The van der Waals surface area contributed by atoms with Crippen LogP contribution in [0.5, 0.6) is 0 Å². The first-order valence-electron chi connectivity index (χ1n) is 11.1. The van der Waals surface area contributed by atoms with Crippen LogP contribution >= 0.6 is 0 Å². The number of aliphatic imine (C=N–C) groups is 1. The van der Waals surface area contributed by atoms with Gasteiger partial charge in [0.05, 0.1) is 6.10 Å². The molecule has 2 atom stereocenters. The predicted molar refractivity (Wildman–Crippen MR) is 121 cm³/mol. The van der Waals surface area contributed by atoms with Crippen molar-refractivity contribution in [1.82, 2.24) is 4.90 Å². The molecule has 0 bridgehead atoms. The molecule has 0 spiro atoms. The Morgan fingerprint density at radius 3 is 2.71 bits per heavy atom. The maximum absolute atomic E-state index is 13.0. The molecule has 1 N–H and O–H groups in total. The zero-order chi connectivity index (χ0) is 21.8. The smallest absolute Gasteiger partial charge is 0.254 e. The second kappa shape index (κ2) is 9.52. The molecule has 2 aromatic carbocycles. The van der Waals surface area contributed by atoms with E-state index in [-0.39, 0.29) is 18.1 Å². The van der Waals surface area contributed by atoms with Crippen LogP contribution in [-0.4, -0.2) is 43.3 Å². The summed E-state index contributed by atoms with van der Waals surface area (Å²) in [7, 11) is 1.69. The fourth-order valence-electron chi connectivity index (χ4n) is 4.58. The summed E-state index contributed by atoms with van der Waals surface area (Å²) in [6.07, 6.45) is 5.70. The minimum atomic E-state index is -0.335. The molecular weight excluding hydrogens is 388 g/mol. The molecule has 1 fully saturated rings. The number of carbonyl (C=O) groups is 1. The van der Waals surface area contributed by atoms with E-state index in [4.69, 9.17) is 10.3 Å². The van der Waals surface area contributed by atoms with Crippen LogP contribution in [0.25, 0.3) is 0 Å². The van der Waals surface area contributed by atoms with Crippen molar-refractivity contribution in [2.75, 3.05) is 20.2 Å². The summed E-state index contributed by atoms with van der Waals surface area (Å²) in [6, 6.07) is 12.2. The van der Waals surface area contributed by atoms with Crippen LogP contribution in [0.3, 0.4) is 0 Å². The van der Waals surface area contributed by atoms with Gasteiger partial charge in [0.15, 0.2) is 0 Å². The molecule has 0 aromatic heterocycles. The second-order valence-corrected chi connectivity index (χ2v) is 8.35. The summed E-state index contributed by atoms with van der Waals surface area (Å²) < 4.78 is 5.74. The Hall–Kier alpha value is -2.86. The highest BCUT2D eigenvalue weighted by Crippen LogP contribution is 2.29. The average molecular weight is 419 g/mol. The molecule has 162 valence electrons. The first-order chi connectivity index (χ1) is 15.1. The highest BCUT2D eigenvalue weighted by Gasteiger charge is 2.31. The van der Waals surface area contributed by atoms with E-state index in [0.717, 1.165) is 49.0 Å². The van der Waals surface area contributed by atoms with Crippen molar-refractivity contribution < 1.29 is 9.53 Å². The lowest BCUT2D eigenvalue weighted by Gasteiger charge is -2.19. The Morgan fingerprint density at radius 1 is 1.26 bits per heavy atom. The fourth-order valence-corrected chi connectivity index (χ4v) is 4.58. The lowest BCUT2D eigenvalue weighted by molar-refractivity contribution is 0.0545. The summed E-state index contributed by atoms with van der Waals surface area (Å²) in [5, 5.41) is 3.63. The molecule has 2 heterocycles. The Bertz CT molecular complexity index is 978. The highest BCUT2D eigenvalue weighted by molar-refractivity contribution is 5.98. The molecule has 2 aliphatic heterocycles. The van der Waals surface area contributed by atoms with Crippen LogP contribution in [0.1, 0.15) is 64.0 Å². The molecule has 0 radical (unpaired) electrons. The maximum Gasteiger partial charge on any atom is 0.254 e. The largest absolute Gasteiger partial charge is 0.376 e. The van der Waals surface area contributed by atoms with Crippen molar-refractivity contribution in [3.05, 3.63) is 69.8 Å². The topological polar surface area (TPSA) is 78.1 Å². The zero-order valence-corrected chi connectivity index (χ0v) is 18.3. The van der Waals surface area contributed by atoms with Crippen LogP contribution in [0.2, 0.25) is 0 Å². The second-order valence-electron chi connectivity index (χ2n) is 8.35. The highest BCUT2D eigenvalue weighted by atomic mass is 16.5. The van der Waals surface area contributed by atoms with Gasteiger partial charge in [-0.05, 0) is 59.6 Å². The van der Waals surface area contributed by atoms with Gasteiger partial charge in [0.1, 0.15) is 6.04 Å². The fraction of sp³-hybridized carbons (Fsp3) is 0.440. The molecular formula is C25H30N4O2. The number of benzene rings is 2. The van der Waals surface area contributed by atoms with Crippen molar-refractivity contribution in [3.63, 3.8) is 0 Å².